The monoisotopic (exact) mass is 340 g/mol. The molecule has 1 aliphatic heterocycles. The van der Waals surface area contributed by atoms with Gasteiger partial charge in [-0.05, 0) is 18.8 Å². The van der Waals surface area contributed by atoms with Crippen molar-refractivity contribution >= 4 is 29.7 Å². The molecular formula is C17H25ClN2O3. The van der Waals surface area contributed by atoms with Crippen LogP contribution in [-0.4, -0.2) is 12.7 Å². The quantitative estimate of drug-likeness (QED) is 0.791. The highest BCUT2D eigenvalue weighted by Gasteiger charge is 2.18. The molecule has 0 aromatic heterocycles. The molecule has 2 aliphatic rings. The number of amides is 1. The second-order valence-electron chi connectivity index (χ2n) is 6.24. The molecule has 1 aromatic carbocycles. The van der Waals surface area contributed by atoms with Gasteiger partial charge in [-0.2, -0.15) is 0 Å². The summed E-state index contributed by atoms with van der Waals surface area (Å²) in [4.78, 5) is 12.1. The number of hydrogen-bond acceptors (Lipinski definition) is 4. The first-order valence-corrected chi connectivity index (χ1v) is 8.21. The van der Waals surface area contributed by atoms with E-state index in [2.05, 4.69) is 5.32 Å². The predicted octanol–water partition coefficient (Wildman–Crippen LogP) is 4.11. The molecule has 3 rings (SSSR count). The zero-order chi connectivity index (χ0) is 15.4. The van der Waals surface area contributed by atoms with Crippen LogP contribution in [0.1, 0.15) is 51.4 Å². The maximum absolute atomic E-state index is 12.1. The van der Waals surface area contributed by atoms with Gasteiger partial charge in [-0.15, -0.1) is 12.4 Å². The van der Waals surface area contributed by atoms with Crippen LogP contribution >= 0.6 is 12.4 Å². The highest BCUT2D eigenvalue weighted by Crippen LogP contribution is 2.38. The number of rotatable bonds is 5. The Morgan fingerprint density at radius 1 is 1.17 bits per heavy atom. The smallest absolute Gasteiger partial charge is 0.231 e. The van der Waals surface area contributed by atoms with E-state index in [0.29, 0.717) is 29.3 Å². The van der Waals surface area contributed by atoms with Crippen LogP contribution in [-0.2, 0) is 4.79 Å². The topological polar surface area (TPSA) is 73.6 Å². The first kappa shape index (κ1) is 17.7. The third kappa shape index (κ3) is 4.67. The van der Waals surface area contributed by atoms with Gasteiger partial charge in [0, 0.05) is 18.6 Å². The van der Waals surface area contributed by atoms with E-state index in [1.807, 2.05) is 0 Å². The normalized spacial score (nSPS) is 16.7. The highest BCUT2D eigenvalue weighted by atomic mass is 35.5. The summed E-state index contributed by atoms with van der Waals surface area (Å²) in [5.41, 5.74) is 7.05. The van der Waals surface area contributed by atoms with Crippen LogP contribution in [0.15, 0.2) is 12.1 Å². The number of ether oxygens (including phenoxy) is 2. The molecule has 0 unspecified atom stereocenters. The average molecular weight is 341 g/mol. The summed E-state index contributed by atoms with van der Waals surface area (Å²) < 4.78 is 10.6. The summed E-state index contributed by atoms with van der Waals surface area (Å²) in [7, 11) is 0. The standard InChI is InChI=1S/C17H24N2O3.ClH/c18-13-9-15-16(22-11-21-15)10-14(13)19-17(20)8-4-7-12-5-2-1-3-6-12;/h9-10,12H,1-8,11,18H2,(H,19,20);1H. The van der Waals surface area contributed by atoms with Crippen LogP contribution in [0.3, 0.4) is 0 Å². The minimum Gasteiger partial charge on any atom is -0.454 e. The lowest BCUT2D eigenvalue weighted by molar-refractivity contribution is -0.116. The number of nitrogen functional groups attached to an aromatic ring is 1. The van der Waals surface area contributed by atoms with Crippen LogP contribution in [0.5, 0.6) is 11.5 Å². The second-order valence-corrected chi connectivity index (χ2v) is 6.24. The number of nitrogens with one attached hydrogen (secondary N) is 1. The van der Waals surface area contributed by atoms with Gasteiger partial charge in [0.1, 0.15) is 0 Å². The van der Waals surface area contributed by atoms with Crippen LogP contribution in [0.25, 0.3) is 0 Å². The number of anilines is 2. The van der Waals surface area contributed by atoms with Gasteiger partial charge in [0.15, 0.2) is 11.5 Å². The fourth-order valence-corrected chi connectivity index (χ4v) is 3.31. The Labute approximate surface area is 143 Å². The number of nitrogens with two attached hydrogens (primary N) is 1. The maximum Gasteiger partial charge on any atom is 0.231 e. The Morgan fingerprint density at radius 2 is 1.87 bits per heavy atom. The van der Waals surface area contributed by atoms with Gasteiger partial charge in [0.2, 0.25) is 12.7 Å². The number of halogens is 1. The van der Waals surface area contributed by atoms with Crippen LogP contribution in [0, 0.1) is 5.92 Å². The summed E-state index contributed by atoms with van der Waals surface area (Å²) >= 11 is 0. The van der Waals surface area contributed by atoms with Crippen molar-refractivity contribution in [3.05, 3.63) is 12.1 Å². The molecule has 1 fully saturated rings. The fourth-order valence-electron chi connectivity index (χ4n) is 3.31. The van der Waals surface area contributed by atoms with Gasteiger partial charge in [0.25, 0.3) is 0 Å². The van der Waals surface area contributed by atoms with E-state index >= 15 is 0 Å². The third-order valence-corrected chi connectivity index (χ3v) is 4.56. The van der Waals surface area contributed by atoms with E-state index in [1.54, 1.807) is 12.1 Å². The Hall–Kier alpha value is -1.62. The first-order chi connectivity index (χ1) is 10.7. The fraction of sp³-hybridized carbons (Fsp3) is 0.588. The summed E-state index contributed by atoms with van der Waals surface area (Å²) in [6.45, 7) is 0.202. The molecule has 1 aromatic rings. The Bertz CT molecular complexity index is 545. The molecule has 0 radical (unpaired) electrons. The van der Waals surface area contributed by atoms with Gasteiger partial charge in [0.05, 0.1) is 11.4 Å². The van der Waals surface area contributed by atoms with E-state index in [4.69, 9.17) is 15.2 Å². The van der Waals surface area contributed by atoms with Gasteiger partial charge in [-0.25, -0.2) is 0 Å². The number of hydrogen-bond donors (Lipinski definition) is 2. The zero-order valence-corrected chi connectivity index (χ0v) is 14.1. The summed E-state index contributed by atoms with van der Waals surface area (Å²) in [5, 5.41) is 2.88. The molecule has 128 valence electrons. The SMILES string of the molecule is Cl.Nc1cc2c(cc1NC(=O)CCCC1CCCCC1)OCO2. The van der Waals surface area contributed by atoms with Crippen LogP contribution in [0.4, 0.5) is 11.4 Å². The molecule has 5 nitrogen and oxygen atoms in total. The van der Waals surface area contributed by atoms with Crippen LogP contribution < -0.4 is 20.5 Å². The lowest BCUT2D eigenvalue weighted by Crippen LogP contribution is -2.14. The highest BCUT2D eigenvalue weighted by molar-refractivity contribution is 5.94. The van der Waals surface area contributed by atoms with Crippen LogP contribution in [0.2, 0.25) is 0 Å². The van der Waals surface area contributed by atoms with Crippen molar-refractivity contribution in [3.63, 3.8) is 0 Å². The molecule has 3 N–H and O–H groups in total. The van der Waals surface area contributed by atoms with Crippen molar-refractivity contribution in [2.75, 3.05) is 17.8 Å². The molecule has 0 bridgehead atoms. The third-order valence-electron chi connectivity index (χ3n) is 4.56. The van der Waals surface area contributed by atoms with E-state index in [0.717, 1.165) is 18.8 Å². The van der Waals surface area contributed by atoms with Crippen molar-refractivity contribution in [1.82, 2.24) is 0 Å². The van der Waals surface area contributed by atoms with Gasteiger partial charge < -0.3 is 20.5 Å². The molecule has 0 spiro atoms. The van der Waals surface area contributed by atoms with Crippen molar-refractivity contribution in [2.24, 2.45) is 5.92 Å². The number of fused-ring (bicyclic) bond motifs is 1. The molecular weight excluding hydrogens is 316 g/mol. The summed E-state index contributed by atoms with van der Waals surface area (Å²) in [6, 6.07) is 3.43. The predicted molar refractivity (Wildman–Crippen MR) is 93.3 cm³/mol. The molecule has 23 heavy (non-hydrogen) atoms. The van der Waals surface area contributed by atoms with E-state index < -0.39 is 0 Å². The second kappa shape index (κ2) is 8.29. The molecule has 0 saturated heterocycles. The first-order valence-electron chi connectivity index (χ1n) is 8.21. The Kier molecular flexibility index (Phi) is 6.39. The van der Waals surface area contributed by atoms with Crippen molar-refractivity contribution in [1.29, 1.82) is 0 Å². The molecule has 1 amide bonds. The number of carbonyl (C=O) groups is 1. The lowest BCUT2D eigenvalue weighted by Gasteiger charge is -2.21. The van der Waals surface area contributed by atoms with Gasteiger partial charge in [-0.3, -0.25) is 4.79 Å². The summed E-state index contributed by atoms with van der Waals surface area (Å²) in [5.74, 6) is 2.10. The van der Waals surface area contributed by atoms with E-state index in [-0.39, 0.29) is 25.1 Å². The largest absolute Gasteiger partial charge is 0.454 e. The number of carbonyl (C=O) groups excluding carboxylic acids is 1. The van der Waals surface area contributed by atoms with E-state index in [1.165, 1.54) is 32.1 Å². The van der Waals surface area contributed by atoms with E-state index in [9.17, 15) is 4.79 Å². The molecule has 1 heterocycles. The van der Waals surface area contributed by atoms with Gasteiger partial charge in [-0.1, -0.05) is 32.1 Å². The van der Waals surface area contributed by atoms with Crippen molar-refractivity contribution < 1.29 is 14.3 Å². The lowest BCUT2D eigenvalue weighted by atomic mass is 9.86. The number of benzene rings is 1. The molecule has 6 heteroatoms. The van der Waals surface area contributed by atoms with Gasteiger partial charge >= 0.3 is 0 Å². The molecule has 1 aliphatic carbocycles. The minimum atomic E-state index is 0. The average Bonchev–Trinajstić information content (AvgIpc) is 2.96. The Balaban J connectivity index is 0.00000192. The van der Waals surface area contributed by atoms with Crippen molar-refractivity contribution in [3.8, 4) is 11.5 Å². The van der Waals surface area contributed by atoms with Crippen molar-refractivity contribution in [2.45, 2.75) is 51.4 Å². The Morgan fingerprint density at radius 3 is 2.61 bits per heavy atom. The molecule has 0 atom stereocenters. The molecule has 1 saturated carbocycles. The minimum absolute atomic E-state index is 0. The zero-order valence-electron chi connectivity index (χ0n) is 13.3. The maximum atomic E-state index is 12.1. The summed E-state index contributed by atoms with van der Waals surface area (Å²) in [6.07, 6.45) is 9.39.